The first-order valence-corrected chi connectivity index (χ1v) is 14.8. The first-order chi connectivity index (χ1) is 20.8. The number of aromatic nitrogens is 2. The van der Waals surface area contributed by atoms with Crippen LogP contribution in [0.3, 0.4) is 0 Å². The van der Waals surface area contributed by atoms with Gasteiger partial charge in [-0.05, 0) is 47.4 Å². The number of benzene rings is 5. The maximum absolute atomic E-state index is 2.60. The normalized spacial score (nSPS) is 18.0. The molecule has 0 saturated carbocycles. The van der Waals surface area contributed by atoms with E-state index in [0.29, 0.717) is 0 Å². The molecule has 2 nitrogen and oxygen atoms in total. The summed E-state index contributed by atoms with van der Waals surface area (Å²) >= 11 is 0. The Bertz CT molecular complexity index is 2360. The Kier molecular flexibility index (Phi) is 4.20. The highest BCUT2D eigenvalue weighted by molar-refractivity contribution is 6.20. The van der Waals surface area contributed by atoms with Crippen LogP contribution in [0.5, 0.6) is 0 Å². The molecule has 42 heavy (non-hydrogen) atoms. The minimum Gasteiger partial charge on any atom is -0.309 e. The number of fused-ring (bicyclic) bond motifs is 10. The summed E-state index contributed by atoms with van der Waals surface area (Å²) < 4.78 is 5.10. The van der Waals surface area contributed by atoms with Gasteiger partial charge in [-0.25, -0.2) is 0 Å². The van der Waals surface area contributed by atoms with Crippen LogP contribution in [0.15, 0.2) is 140 Å². The quantitative estimate of drug-likeness (QED) is 0.209. The molecule has 1 aliphatic heterocycles. The molecule has 0 amide bonds. The van der Waals surface area contributed by atoms with Gasteiger partial charge in [-0.1, -0.05) is 121 Å². The Labute approximate surface area is 243 Å². The second-order valence-corrected chi connectivity index (χ2v) is 11.8. The number of rotatable bonds is 2. The van der Waals surface area contributed by atoms with Crippen LogP contribution >= 0.6 is 0 Å². The van der Waals surface area contributed by atoms with E-state index < -0.39 is 0 Å². The maximum atomic E-state index is 2.60. The fraction of sp³-hybridized carbons (Fsp3) is 0.0500. The Morgan fingerprint density at radius 3 is 2.24 bits per heavy atom. The van der Waals surface area contributed by atoms with Gasteiger partial charge in [-0.15, -0.1) is 0 Å². The van der Waals surface area contributed by atoms with Crippen molar-refractivity contribution < 1.29 is 0 Å². The summed E-state index contributed by atoms with van der Waals surface area (Å²) in [6.07, 6.45) is 12.8. The topological polar surface area (TPSA) is 9.86 Å². The van der Waals surface area contributed by atoms with Gasteiger partial charge in [-0.2, -0.15) is 0 Å². The molecule has 3 heterocycles. The lowest BCUT2D eigenvalue weighted by Crippen LogP contribution is -2.32. The number of hydrogen-bond acceptors (Lipinski definition) is 0. The minimum absolute atomic E-state index is 0.127. The highest BCUT2D eigenvalue weighted by atomic mass is 15.1. The number of para-hydroxylation sites is 2. The smallest absolute Gasteiger partial charge is 0.0788 e. The summed E-state index contributed by atoms with van der Waals surface area (Å²) in [5.41, 5.74) is 14.1. The van der Waals surface area contributed by atoms with Crippen LogP contribution in [-0.4, -0.2) is 9.13 Å². The van der Waals surface area contributed by atoms with Crippen LogP contribution in [0.1, 0.15) is 23.2 Å². The third kappa shape index (κ3) is 2.65. The molecule has 1 unspecified atom stereocenters. The van der Waals surface area contributed by atoms with E-state index in [4.69, 9.17) is 0 Å². The van der Waals surface area contributed by atoms with Gasteiger partial charge >= 0.3 is 0 Å². The number of nitrogens with zero attached hydrogens (tertiary/aromatic N) is 2. The molecule has 0 radical (unpaired) electrons. The van der Waals surface area contributed by atoms with E-state index >= 15 is 0 Å². The van der Waals surface area contributed by atoms with Crippen molar-refractivity contribution in [2.75, 3.05) is 0 Å². The van der Waals surface area contributed by atoms with E-state index in [1.54, 1.807) is 0 Å². The van der Waals surface area contributed by atoms with Gasteiger partial charge in [0.05, 0.1) is 27.7 Å². The highest BCUT2D eigenvalue weighted by Gasteiger charge is 2.46. The van der Waals surface area contributed by atoms with Crippen LogP contribution in [-0.2, 0) is 5.41 Å². The molecule has 2 aliphatic carbocycles. The van der Waals surface area contributed by atoms with Crippen LogP contribution in [0.4, 0.5) is 0 Å². The van der Waals surface area contributed by atoms with Crippen molar-refractivity contribution in [3.63, 3.8) is 0 Å². The average molecular weight is 535 g/mol. The SMILES string of the molecule is C1=CC23CC=Cc4c2n(c2c4ccc4c5ccccc5n(-c5ccc(-c6ccccc6)cc5)c42)-c2ccccc2C3=C1. The summed E-state index contributed by atoms with van der Waals surface area (Å²) in [6, 6.07) is 42.2. The molecule has 0 N–H and O–H groups in total. The van der Waals surface area contributed by atoms with Gasteiger partial charge in [0.1, 0.15) is 0 Å². The van der Waals surface area contributed by atoms with Crippen LogP contribution in [0, 0.1) is 0 Å². The van der Waals surface area contributed by atoms with Gasteiger partial charge in [0, 0.05) is 38.7 Å². The molecule has 2 heteroatoms. The van der Waals surface area contributed by atoms with Crippen molar-refractivity contribution in [1.29, 1.82) is 0 Å². The number of hydrogen-bond donors (Lipinski definition) is 0. The Hall–Kier alpha value is -5.34. The molecule has 0 fully saturated rings. The van der Waals surface area contributed by atoms with Crippen molar-refractivity contribution in [1.82, 2.24) is 9.13 Å². The zero-order chi connectivity index (χ0) is 27.4. The second-order valence-electron chi connectivity index (χ2n) is 11.8. The summed E-state index contributed by atoms with van der Waals surface area (Å²) in [4.78, 5) is 0. The predicted octanol–water partition coefficient (Wildman–Crippen LogP) is 10.0. The highest BCUT2D eigenvalue weighted by Crippen LogP contribution is 2.57. The van der Waals surface area contributed by atoms with E-state index in [2.05, 4.69) is 155 Å². The lowest BCUT2D eigenvalue weighted by Gasteiger charge is -2.39. The lowest BCUT2D eigenvalue weighted by atomic mass is 9.68. The molecule has 10 rings (SSSR count). The third-order valence-electron chi connectivity index (χ3n) is 9.74. The first-order valence-electron chi connectivity index (χ1n) is 14.8. The van der Waals surface area contributed by atoms with Crippen LogP contribution < -0.4 is 0 Å². The van der Waals surface area contributed by atoms with Crippen LogP contribution in [0.2, 0.25) is 0 Å². The molecule has 3 aliphatic rings. The summed E-state index contributed by atoms with van der Waals surface area (Å²) in [7, 11) is 0. The summed E-state index contributed by atoms with van der Waals surface area (Å²) in [5.74, 6) is 0. The molecule has 1 atom stereocenters. The average Bonchev–Trinajstić information content (AvgIpc) is 3.73. The van der Waals surface area contributed by atoms with Crippen molar-refractivity contribution in [2.24, 2.45) is 0 Å². The molecular formula is C40H26N2. The minimum atomic E-state index is -0.127. The summed E-state index contributed by atoms with van der Waals surface area (Å²) in [5, 5.41) is 3.88. The largest absolute Gasteiger partial charge is 0.309 e. The van der Waals surface area contributed by atoms with Gasteiger partial charge < -0.3 is 9.13 Å². The van der Waals surface area contributed by atoms with Gasteiger partial charge in [0.2, 0.25) is 0 Å². The van der Waals surface area contributed by atoms with E-state index in [1.807, 2.05) is 0 Å². The maximum Gasteiger partial charge on any atom is 0.0788 e. The van der Waals surface area contributed by atoms with E-state index in [-0.39, 0.29) is 5.41 Å². The number of allylic oxidation sites excluding steroid dienone is 5. The molecule has 7 aromatic rings. The Balaban J connectivity index is 1.37. The van der Waals surface area contributed by atoms with Crippen molar-refractivity contribution >= 4 is 44.4 Å². The Morgan fingerprint density at radius 1 is 0.595 bits per heavy atom. The predicted molar refractivity (Wildman–Crippen MR) is 175 cm³/mol. The van der Waals surface area contributed by atoms with E-state index in [1.165, 1.54) is 77.6 Å². The van der Waals surface area contributed by atoms with Crippen molar-refractivity contribution in [3.8, 4) is 22.5 Å². The monoisotopic (exact) mass is 534 g/mol. The molecular weight excluding hydrogens is 508 g/mol. The standard InChI is InChI=1S/C40H26N2/c1-2-10-26(11-3-1)27-18-20-28(21-19-27)41-35-16-6-4-12-29(35)30-22-23-31-32-14-8-24-40-25-9-15-34(40)33-13-5-7-17-36(33)42(39(32)40)38(31)37(30)41/h1-23,25H,24H2. The third-order valence-corrected chi connectivity index (χ3v) is 9.74. The fourth-order valence-electron chi connectivity index (χ4n) is 8.01. The molecule has 0 saturated heterocycles. The van der Waals surface area contributed by atoms with Gasteiger partial charge in [0.15, 0.2) is 0 Å². The second kappa shape index (κ2) is 7.90. The van der Waals surface area contributed by atoms with Gasteiger partial charge in [-0.3, -0.25) is 0 Å². The summed E-state index contributed by atoms with van der Waals surface area (Å²) in [6.45, 7) is 0. The van der Waals surface area contributed by atoms with Crippen LogP contribution in [0.25, 0.3) is 66.9 Å². The first kappa shape index (κ1) is 22.4. The zero-order valence-electron chi connectivity index (χ0n) is 23.0. The lowest BCUT2D eigenvalue weighted by molar-refractivity contribution is 0.648. The van der Waals surface area contributed by atoms with E-state index in [0.717, 1.165) is 6.42 Å². The fourth-order valence-corrected chi connectivity index (χ4v) is 8.01. The molecule has 5 aromatic carbocycles. The van der Waals surface area contributed by atoms with E-state index in [9.17, 15) is 0 Å². The van der Waals surface area contributed by atoms with Crippen molar-refractivity contribution in [2.45, 2.75) is 11.8 Å². The molecule has 1 spiro atoms. The zero-order valence-corrected chi connectivity index (χ0v) is 23.0. The van der Waals surface area contributed by atoms with Crippen molar-refractivity contribution in [3.05, 3.63) is 156 Å². The Morgan fingerprint density at radius 2 is 1.33 bits per heavy atom. The molecule has 0 bridgehead atoms. The molecule has 2 aromatic heterocycles. The molecule has 196 valence electrons. The van der Waals surface area contributed by atoms with Gasteiger partial charge in [0.25, 0.3) is 0 Å².